The molecule has 3 atom stereocenters. The molecular weight excluding hydrogens is 386 g/mol. The van der Waals surface area contributed by atoms with Gasteiger partial charge < -0.3 is 16.0 Å². The van der Waals surface area contributed by atoms with E-state index in [2.05, 4.69) is 27.4 Å². The molecule has 1 aliphatic carbocycles. The van der Waals surface area contributed by atoms with Crippen molar-refractivity contribution in [3.8, 4) is 0 Å². The number of hydrogen-bond donors (Lipinski definition) is 2. The van der Waals surface area contributed by atoms with Gasteiger partial charge >= 0.3 is 0 Å². The van der Waals surface area contributed by atoms with Gasteiger partial charge in [-0.15, -0.1) is 0 Å². The zero-order valence-electron chi connectivity index (χ0n) is 17.0. The molecule has 3 unspecified atom stereocenters. The fraction of sp³-hybridized carbons (Fsp3) is 0.524. The predicted molar refractivity (Wildman–Crippen MR) is 115 cm³/mol. The highest BCUT2D eigenvalue weighted by molar-refractivity contribution is 7.84. The lowest BCUT2D eigenvalue weighted by Crippen LogP contribution is -2.52. The number of aryl methyl sites for hydroxylation is 3. The Morgan fingerprint density at radius 2 is 2.07 bits per heavy atom. The van der Waals surface area contributed by atoms with Gasteiger partial charge in [-0.3, -0.25) is 9.00 Å². The Morgan fingerprint density at radius 3 is 2.72 bits per heavy atom. The highest BCUT2D eigenvalue weighted by Crippen LogP contribution is 2.32. The Bertz CT molecular complexity index is 909. The maximum atomic E-state index is 13.0. The Labute approximate surface area is 174 Å². The van der Waals surface area contributed by atoms with E-state index in [9.17, 15) is 9.00 Å². The first kappa shape index (κ1) is 20.1. The number of carbonyl (C=O) groups excluding carboxylic acids is 1. The summed E-state index contributed by atoms with van der Waals surface area (Å²) < 4.78 is 14.2. The monoisotopic (exact) mass is 415 g/mol. The van der Waals surface area contributed by atoms with Gasteiger partial charge in [-0.25, -0.2) is 4.68 Å². The fourth-order valence-corrected chi connectivity index (χ4v) is 4.76. The van der Waals surface area contributed by atoms with Crippen LogP contribution in [0.2, 0.25) is 0 Å². The quantitative estimate of drug-likeness (QED) is 0.666. The molecule has 0 radical (unpaired) electrons. The van der Waals surface area contributed by atoms with Gasteiger partial charge in [0, 0.05) is 36.2 Å². The van der Waals surface area contributed by atoms with Crippen LogP contribution in [0.4, 0.5) is 5.82 Å². The molecular formula is C21H29N5O2S. The van der Waals surface area contributed by atoms with Crippen LogP contribution in [-0.2, 0) is 28.6 Å². The number of carbonyl (C=O) groups is 1. The Balaban J connectivity index is 1.57. The molecule has 2 heterocycles. The number of hydrogen-bond acceptors (Lipinski definition) is 5. The first-order valence-corrected chi connectivity index (χ1v) is 11.7. The molecule has 0 spiro atoms. The average molecular weight is 416 g/mol. The number of nitrogens with zero attached hydrogens (tertiary/aromatic N) is 3. The fourth-order valence-electron chi connectivity index (χ4n) is 3.94. The maximum Gasteiger partial charge on any atom is 0.244 e. The lowest BCUT2D eigenvalue weighted by molar-refractivity contribution is -0.123. The van der Waals surface area contributed by atoms with E-state index in [1.54, 1.807) is 6.26 Å². The number of amides is 1. The van der Waals surface area contributed by atoms with Gasteiger partial charge in [-0.2, -0.15) is 5.10 Å². The Kier molecular flexibility index (Phi) is 5.48. The number of nitrogens with one attached hydrogen (secondary N) is 1. The van der Waals surface area contributed by atoms with Crippen LogP contribution in [0.15, 0.2) is 36.4 Å². The number of aromatic nitrogens is 2. The first-order valence-electron chi connectivity index (χ1n) is 10.1. The standard InChI is InChI=1S/C21H29N5O2S/c1-15-12-19(26(24-15)11-8-16-6-4-3-5-7-16)25-14-17(29(2)28)13-18(25)20(27)23-21(22)9-10-21/h3-7,12,17-18H,8-11,13-14,22H2,1-2H3,(H,23,27). The first-order chi connectivity index (χ1) is 13.8. The molecule has 8 heteroatoms. The zero-order chi connectivity index (χ0) is 20.6. The van der Waals surface area contributed by atoms with Crippen LogP contribution in [0.3, 0.4) is 0 Å². The molecule has 4 rings (SSSR count). The SMILES string of the molecule is Cc1cc(N2CC(S(C)=O)CC2C(=O)NC2(N)CC2)n(CCc2ccccc2)n1. The molecule has 156 valence electrons. The summed E-state index contributed by atoms with van der Waals surface area (Å²) in [6, 6.07) is 11.9. The Hall–Kier alpha value is -2.19. The molecule has 1 aliphatic heterocycles. The van der Waals surface area contributed by atoms with E-state index in [4.69, 9.17) is 5.73 Å². The van der Waals surface area contributed by atoms with Crippen LogP contribution in [0.25, 0.3) is 0 Å². The maximum absolute atomic E-state index is 13.0. The van der Waals surface area contributed by atoms with Gasteiger partial charge in [0.15, 0.2) is 0 Å². The third-order valence-electron chi connectivity index (χ3n) is 5.83. The van der Waals surface area contributed by atoms with Crippen molar-refractivity contribution >= 4 is 22.5 Å². The molecule has 1 saturated carbocycles. The summed E-state index contributed by atoms with van der Waals surface area (Å²) in [6.45, 7) is 3.26. The van der Waals surface area contributed by atoms with Gasteiger partial charge in [0.1, 0.15) is 11.9 Å². The molecule has 2 aromatic rings. The summed E-state index contributed by atoms with van der Waals surface area (Å²) in [5.74, 6) is 0.833. The van der Waals surface area contributed by atoms with Crippen LogP contribution >= 0.6 is 0 Å². The number of rotatable bonds is 7. The van der Waals surface area contributed by atoms with Crippen molar-refractivity contribution in [1.82, 2.24) is 15.1 Å². The Morgan fingerprint density at radius 1 is 1.34 bits per heavy atom. The molecule has 3 N–H and O–H groups in total. The van der Waals surface area contributed by atoms with E-state index in [-0.39, 0.29) is 17.2 Å². The van der Waals surface area contributed by atoms with Crippen molar-refractivity contribution in [2.24, 2.45) is 5.73 Å². The minimum Gasteiger partial charge on any atom is -0.344 e. The van der Waals surface area contributed by atoms with Crippen LogP contribution < -0.4 is 16.0 Å². The van der Waals surface area contributed by atoms with Crippen LogP contribution in [0.5, 0.6) is 0 Å². The van der Waals surface area contributed by atoms with E-state index in [1.807, 2.05) is 35.9 Å². The minimum absolute atomic E-state index is 0.0449. The third-order valence-corrected chi connectivity index (χ3v) is 7.11. The second kappa shape index (κ2) is 7.91. The summed E-state index contributed by atoms with van der Waals surface area (Å²) >= 11 is 0. The highest BCUT2D eigenvalue weighted by Gasteiger charge is 2.45. The normalized spacial score (nSPS) is 23.8. The second-order valence-corrected chi connectivity index (χ2v) is 9.94. The van der Waals surface area contributed by atoms with E-state index in [1.165, 1.54) is 5.56 Å². The zero-order valence-corrected chi connectivity index (χ0v) is 17.8. The van der Waals surface area contributed by atoms with Crippen molar-refractivity contribution in [3.63, 3.8) is 0 Å². The summed E-state index contributed by atoms with van der Waals surface area (Å²) in [7, 11) is -0.996. The lowest BCUT2D eigenvalue weighted by Gasteiger charge is -2.27. The molecule has 2 fully saturated rings. The molecule has 2 aliphatic rings. The largest absolute Gasteiger partial charge is 0.344 e. The van der Waals surface area contributed by atoms with Crippen molar-refractivity contribution in [1.29, 1.82) is 0 Å². The molecule has 1 aromatic heterocycles. The number of anilines is 1. The molecule has 7 nitrogen and oxygen atoms in total. The molecule has 1 saturated heterocycles. The van der Waals surface area contributed by atoms with Crippen molar-refractivity contribution < 1.29 is 9.00 Å². The highest BCUT2D eigenvalue weighted by atomic mass is 32.2. The van der Waals surface area contributed by atoms with Crippen LogP contribution in [0, 0.1) is 6.92 Å². The number of benzene rings is 1. The van der Waals surface area contributed by atoms with E-state index in [0.29, 0.717) is 13.0 Å². The van der Waals surface area contributed by atoms with Gasteiger partial charge in [-0.1, -0.05) is 30.3 Å². The summed E-state index contributed by atoms with van der Waals surface area (Å²) in [5.41, 5.74) is 7.70. The molecule has 1 amide bonds. The van der Waals surface area contributed by atoms with Crippen molar-refractivity contribution in [3.05, 3.63) is 47.7 Å². The second-order valence-electron chi connectivity index (χ2n) is 8.27. The van der Waals surface area contributed by atoms with Gasteiger partial charge in [-0.05, 0) is 38.2 Å². The number of nitrogens with two attached hydrogens (primary N) is 1. The van der Waals surface area contributed by atoms with Crippen molar-refractivity contribution in [2.45, 2.75) is 56.1 Å². The minimum atomic E-state index is -0.996. The van der Waals surface area contributed by atoms with E-state index in [0.717, 1.165) is 37.3 Å². The lowest BCUT2D eigenvalue weighted by atomic mass is 10.1. The average Bonchev–Trinajstić information content (AvgIpc) is 3.10. The summed E-state index contributed by atoms with van der Waals surface area (Å²) in [6.07, 6.45) is 4.75. The topological polar surface area (TPSA) is 93.3 Å². The summed E-state index contributed by atoms with van der Waals surface area (Å²) in [4.78, 5) is 15.1. The van der Waals surface area contributed by atoms with Crippen LogP contribution in [0.1, 0.15) is 30.5 Å². The van der Waals surface area contributed by atoms with E-state index >= 15 is 0 Å². The van der Waals surface area contributed by atoms with Crippen LogP contribution in [-0.4, -0.2) is 49.7 Å². The van der Waals surface area contributed by atoms with Crippen molar-refractivity contribution in [2.75, 3.05) is 17.7 Å². The molecule has 0 bridgehead atoms. The third kappa shape index (κ3) is 4.53. The molecule has 29 heavy (non-hydrogen) atoms. The van der Waals surface area contributed by atoms with Gasteiger partial charge in [0.25, 0.3) is 0 Å². The van der Waals surface area contributed by atoms with Gasteiger partial charge in [0.2, 0.25) is 5.91 Å². The summed E-state index contributed by atoms with van der Waals surface area (Å²) in [5, 5.41) is 7.60. The smallest absolute Gasteiger partial charge is 0.244 e. The van der Waals surface area contributed by atoms with Gasteiger partial charge in [0.05, 0.1) is 16.6 Å². The predicted octanol–water partition coefficient (Wildman–Crippen LogP) is 1.33. The molecule has 1 aromatic carbocycles. The van der Waals surface area contributed by atoms with E-state index < -0.39 is 16.5 Å².